The van der Waals surface area contributed by atoms with Crippen LogP contribution in [0.15, 0.2) is 53.6 Å². The number of hydrazone groups is 1. The molecule has 2 amide bonds. The molecule has 1 heterocycles. The van der Waals surface area contributed by atoms with Gasteiger partial charge in [0.2, 0.25) is 0 Å². The topological polar surface area (TPSA) is 73.8 Å². The van der Waals surface area contributed by atoms with E-state index in [0.29, 0.717) is 21.2 Å². The van der Waals surface area contributed by atoms with E-state index in [1.165, 1.54) is 5.01 Å². The predicted octanol–water partition coefficient (Wildman–Crippen LogP) is 4.26. The first kappa shape index (κ1) is 19.9. The minimum atomic E-state index is -0.440. The molecule has 0 spiro atoms. The lowest BCUT2D eigenvalue weighted by atomic mass is 9.86. The van der Waals surface area contributed by atoms with Crippen LogP contribution in [-0.2, 0) is 0 Å². The van der Waals surface area contributed by atoms with Crippen molar-refractivity contribution < 1.29 is 9.59 Å². The fraction of sp³-hybridized carbons (Fsp3) is 0.286. The van der Waals surface area contributed by atoms with E-state index in [2.05, 4.69) is 16.0 Å². The number of nitrogens with zero attached hydrogens (tertiary/aromatic N) is 2. The Morgan fingerprint density at radius 1 is 0.931 bits per heavy atom. The quantitative estimate of drug-likeness (QED) is 0.711. The van der Waals surface area contributed by atoms with Crippen LogP contribution in [0.5, 0.6) is 0 Å². The number of carbonyl (C=O) groups is 2. The van der Waals surface area contributed by atoms with E-state index in [-0.39, 0.29) is 17.7 Å². The van der Waals surface area contributed by atoms with E-state index in [1.807, 2.05) is 0 Å². The van der Waals surface area contributed by atoms with Gasteiger partial charge in [-0.25, -0.2) is 10.4 Å². The van der Waals surface area contributed by atoms with Crippen LogP contribution >= 0.6 is 23.2 Å². The van der Waals surface area contributed by atoms with E-state index in [4.69, 9.17) is 23.2 Å². The van der Waals surface area contributed by atoms with Crippen molar-refractivity contribution in [3.63, 3.8) is 0 Å². The summed E-state index contributed by atoms with van der Waals surface area (Å²) in [7, 11) is 0. The average Bonchev–Trinajstić information content (AvgIpc) is 3.11. The van der Waals surface area contributed by atoms with Gasteiger partial charge in [-0.3, -0.25) is 15.0 Å². The number of fused-ring (bicyclic) bond motifs is 1. The lowest BCUT2D eigenvalue weighted by Gasteiger charge is -2.29. The van der Waals surface area contributed by atoms with Crippen LogP contribution in [0.1, 0.15) is 46.4 Å². The maximum Gasteiger partial charge on any atom is 0.275 e. The van der Waals surface area contributed by atoms with Crippen LogP contribution in [-0.4, -0.2) is 28.7 Å². The Hall–Kier alpha value is -2.41. The van der Waals surface area contributed by atoms with E-state index in [9.17, 15) is 9.59 Å². The Kier molecular flexibility index (Phi) is 5.85. The van der Waals surface area contributed by atoms with Crippen molar-refractivity contribution in [1.29, 1.82) is 0 Å². The minimum absolute atomic E-state index is 0.0746. The molecule has 1 aliphatic heterocycles. The summed E-state index contributed by atoms with van der Waals surface area (Å²) in [5.41, 5.74) is 7.72. The highest BCUT2D eigenvalue weighted by Crippen LogP contribution is 2.32. The molecule has 2 N–H and O–H groups in total. The molecule has 29 heavy (non-hydrogen) atoms. The molecular formula is C21H20Cl2N4O2. The summed E-state index contributed by atoms with van der Waals surface area (Å²) < 4.78 is 0. The van der Waals surface area contributed by atoms with E-state index in [0.717, 1.165) is 31.4 Å². The number of hydrogen-bond donors (Lipinski definition) is 2. The van der Waals surface area contributed by atoms with E-state index < -0.39 is 6.17 Å². The smallest absolute Gasteiger partial charge is 0.275 e. The molecule has 2 aliphatic rings. The SMILES string of the molecule is O=C(NN[C@H]1[C@@H]2CCCCC2=NN1C(=O)c1ccc(Cl)cc1)c1ccc(Cl)cc1. The molecule has 1 fully saturated rings. The highest BCUT2D eigenvalue weighted by molar-refractivity contribution is 6.31. The van der Waals surface area contributed by atoms with Gasteiger partial charge in [-0.1, -0.05) is 29.6 Å². The summed E-state index contributed by atoms with van der Waals surface area (Å²) in [5, 5.41) is 7.15. The van der Waals surface area contributed by atoms with E-state index >= 15 is 0 Å². The second kappa shape index (κ2) is 8.53. The number of nitrogens with one attached hydrogen (secondary N) is 2. The summed E-state index contributed by atoms with van der Waals surface area (Å²) in [6, 6.07) is 13.3. The van der Waals surface area contributed by atoms with Crippen LogP contribution in [0.2, 0.25) is 10.0 Å². The summed E-state index contributed by atoms with van der Waals surface area (Å²) in [6.45, 7) is 0. The van der Waals surface area contributed by atoms with Gasteiger partial charge in [-0.2, -0.15) is 5.10 Å². The lowest BCUT2D eigenvalue weighted by Crippen LogP contribution is -2.55. The highest BCUT2D eigenvalue weighted by atomic mass is 35.5. The third-order valence-electron chi connectivity index (χ3n) is 5.25. The van der Waals surface area contributed by atoms with Gasteiger partial charge in [0.05, 0.1) is 0 Å². The number of carbonyl (C=O) groups excluding carboxylic acids is 2. The Morgan fingerprint density at radius 3 is 2.21 bits per heavy atom. The van der Waals surface area contributed by atoms with Crippen molar-refractivity contribution >= 4 is 40.7 Å². The molecule has 2 atom stereocenters. The normalized spacial score (nSPS) is 20.8. The molecule has 6 nitrogen and oxygen atoms in total. The molecular weight excluding hydrogens is 411 g/mol. The van der Waals surface area contributed by atoms with Gasteiger partial charge in [-0.15, -0.1) is 0 Å². The molecule has 0 radical (unpaired) electrons. The molecule has 0 bridgehead atoms. The zero-order chi connectivity index (χ0) is 20.4. The lowest BCUT2D eigenvalue weighted by molar-refractivity contribution is 0.0598. The molecule has 150 valence electrons. The van der Waals surface area contributed by atoms with Crippen molar-refractivity contribution in [3.05, 3.63) is 69.7 Å². The molecule has 0 unspecified atom stereocenters. The number of hydrogen-bond acceptors (Lipinski definition) is 4. The van der Waals surface area contributed by atoms with Gasteiger partial charge in [0.25, 0.3) is 11.8 Å². The van der Waals surface area contributed by atoms with Gasteiger partial charge in [0, 0.05) is 32.8 Å². The third kappa shape index (κ3) is 4.29. The molecule has 4 rings (SSSR count). The fourth-order valence-electron chi connectivity index (χ4n) is 3.73. The van der Waals surface area contributed by atoms with Crippen LogP contribution < -0.4 is 10.9 Å². The number of rotatable bonds is 4. The van der Waals surface area contributed by atoms with Crippen molar-refractivity contribution in [1.82, 2.24) is 15.9 Å². The Labute approximate surface area is 178 Å². The first-order valence-electron chi connectivity index (χ1n) is 9.51. The molecule has 0 saturated heterocycles. The van der Waals surface area contributed by atoms with Gasteiger partial charge < -0.3 is 0 Å². The van der Waals surface area contributed by atoms with Crippen molar-refractivity contribution in [2.75, 3.05) is 0 Å². The maximum atomic E-state index is 13.1. The number of halogens is 2. The summed E-state index contributed by atoms with van der Waals surface area (Å²) in [4.78, 5) is 25.6. The van der Waals surface area contributed by atoms with Crippen LogP contribution in [0.4, 0.5) is 0 Å². The van der Waals surface area contributed by atoms with Crippen LogP contribution in [0.3, 0.4) is 0 Å². The second-order valence-corrected chi connectivity index (χ2v) is 8.02. The van der Waals surface area contributed by atoms with Gasteiger partial charge in [-0.05, 0) is 67.8 Å². The number of benzene rings is 2. The standard InChI is InChI=1S/C21H20Cl2N4O2/c22-15-9-5-13(6-10-15)20(28)25-24-19-17-3-1-2-4-18(17)26-27(19)21(29)14-7-11-16(23)12-8-14/h5-12,17,19,24H,1-4H2,(H,25,28)/t17-,19-/m1/s1. The Balaban J connectivity index is 1.52. The second-order valence-electron chi connectivity index (χ2n) is 7.15. The molecule has 2 aromatic carbocycles. The van der Waals surface area contributed by atoms with E-state index in [1.54, 1.807) is 48.5 Å². The highest BCUT2D eigenvalue weighted by Gasteiger charge is 2.41. The summed E-state index contributed by atoms with van der Waals surface area (Å²) in [5.74, 6) is -0.461. The third-order valence-corrected chi connectivity index (χ3v) is 5.75. The molecule has 1 aliphatic carbocycles. The largest absolute Gasteiger partial charge is 0.285 e. The predicted molar refractivity (Wildman–Crippen MR) is 113 cm³/mol. The van der Waals surface area contributed by atoms with Gasteiger partial charge in [0.1, 0.15) is 6.17 Å². The van der Waals surface area contributed by atoms with Crippen molar-refractivity contribution in [3.8, 4) is 0 Å². The molecule has 1 saturated carbocycles. The first-order valence-corrected chi connectivity index (χ1v) is 10.3. The zero-order valence-electron chi connectivity index (χ0n) is 15.6. The summed E-state index contributed by atoms with van der Waals surface area (Å²) >= 11 is 11.8. The summed E-state index contributed by atoms with van der Waals surface area (Å²) in [6.07, 6.45) is 3.46. The number of amides is 2. The van der Waals surface area contributed by atoms with Gasteiger partial charge >= 0.3 is 0 Å². The fourth-order valence-corrected chi connectivity index (χ4v) is 3.98. The first-order chi connectivity index (χ1) is 14.0. The number of hydrazine groups is 1. The molecule has 8 heteroatoms. The van der Waals surface area contributed by atoms with Crippen LogP contribution in [0, 0.1) is 5.92 Å². The molecule has 2 aromatic rings. The molecule has 0 aromatic heterocycles. The van der Waals surface area contributed by atoms with Crippen LogP contribution in [0.25, 0.3) is 0 Å². The van der Waals surface area contributed by atoms with Crippen molar-refractivity contribution in [2.24, 2.45) is 11.0 Å². The van der Waals surface area contributed by atoms with Gasteiger partial charge in [0.15, 0.2) is 0 Å². The Bertz CT molecular complexity index is 944. The maximum absolute atomic E-state index is 13.1. The average molecular weight is 431 g/mol. The van der Waals surface area contributed by atoms with Crippen molar-refractivity contribution in [2.45, 2.75) is 31.8 Å². The Morgan fingerprint density at radius 2 is 1.55 bits per heavy atom. The zero-order valence-corrected chi connectivity index (χ0v) is 17.1. The monoisotopic (exact) mass is 430 g/mol. The minimum Gasteiger partial charge on any atom is -0.285 e.